The van der Waals surface area contributed by atoms with E-state index < -0.39 is 12.2 Å². The number of fused-ring (bicyclic) bond motifs is 1. The predicted molar refractivity (Wildman–Crippen MR) is 104 cm³/mol. The number of hydrogen-bond donors (Lipinski definition) is 1. The summed E-state index contributed by atoms with van der Waals surface area (Å²) in [5, 5.41) is 9.04. The van der Waals surface area contributed by atoms with Crippen molar-refractivity contribution < 1.29 is 4.39 Å². The molecule has 0 radical (unpaired) electrons. The van der Waals surface area contributed by atoms with Crippen LogP contribution in [0.2, 0.25) is 0 Å². The molecule has 1 aliphatic rings. The SMILES string of the molecule is CC(c1ccc(C#N)cc1)n1c(N2CC[C@H](F)[C@H](N)C2)nc2ccccc21. The monoisotopic (exact) mass is 363 g/mol. The summed E-state index contributed by atoms with van der Waals surface area (Å²) >= 11 is 0. The Bertz CT molecular complexity index is 988. The first kappa shape index (κ1) is 17.5. The minimum Gasteiger partial charge on any atom is -0.340 e. The van der Waals surface area contributed by atoms with Crippen LogP contribution in [0.25, 0.3) is 11.0 Å². The third-order valence-corrected chi connectivity index (χ3v) is 5.34. The van der Waals surface area contributed by atoms with Crippen molar-refractivity contribution in [2.75, 3.05) is 18.0 Å². The number of para-hydroxylation sites is 2. The van der Waals surface area contributed by atoms with E-state index in [2.05, 4.69) is 22.5 Å². The molecule has 0 spiro atoms. The molecule has 1 aromatic heterocycles. The molecule has 3 aromatic rings. The molecule has 1 aliphatic heterocycles. The van der Waals surface area contributed by atoms with Crippen LogP contribution in [0.1, 0.15) is 30.5 Å². The maximum absolute atomic E-state index is 13.9. The molecule has 0 aliphatic carbocycles. The zero-order valence-corrected chi connectivity index (χ0v) is 15.2. The number of nitriles is 1. The summed E-state index contributed by atoms with van der Waals surface area (Å²) in [5.74, 6) is 0.815. The molecule has 4 rings (SSSR count). The first-order valence-electron chi connectivity index (χ1n) is 9.20. The van der Waals surface area contributed by atoms with Gasteiger partial charge in [0.2, 0.25) is 5.95 Å². The summed E-state index contributed by atoms with van der Waals surface area (Å²) in [6.45, 7) is 3.16. The van der Waals surface area contributed by atoms with Crippen molar-refractivity contribution in [1.82, 2.24) is 9.55 Å². The van der Waals surface area contributed by atoms with Gasteiger partial charge in [-0.15, -0.1) is 0 Å². The van der Waals surface area contributed by atoms with Gasteiger partial charge in [0.1, 0.15) is 6.17 Å². The maximum Gasteiger partial charge on any atom is 0.207 e. The van der Waals surface area contributed by atoms with Gasteiger partial charge >= 0.3 is 0 Å². The van der Waals surface area contributed by atoms with E-state index in [9.17, 15) is 4.39 Å². The summed E-state index contributed by atoms with van der Waals surface area (Å²) in [7, 11) is 0. The molecule has 2 heterocycles. The number of aromatic nitrogens is 2. The highest BCUT2D eigenvalue weighted by Crippen LogP contribution is 2.32. The predicted octanol–water partition coefficient (Wildman–Crippen LogP) is 3.39. The van der Waals surface area contributed by atoms with Crippen LogP contribution in [-0.2, 0) is 0 Å². The van der Waals surface area contributed by atoms with E-state index in [1.165, 1.54) is 0 Å². The van der Waals surface area contributed by atoms with E-state index in [4.69, 9.17) is 16.0 Å². The number of benzene rings is 2. The standard InChI is InChI=1S/C21H22FN5/c1-14(16-8-6-15(12-23)7-9-16)27-20-5-3-2-4-19(20)25-21(27)26-11-10-17(22)18(24)13-26/h2-9,14,17-18H,10-11,13,24H2,1H3/t14?,17-,18+/m0/s1. The molecule has 0 bridgehead atoms. The van der Waals surface area contributed by atoms with Gasteiger partial charge in [0, 0.05) is 13.1 Å². The van der Waals surface area contributed by atoms with Crippen LogP contribution in [0.5, 0.6) is 0 Å². The van der Waals surface area contributed by atoms with Gasteiger partial charge in [-0.25, -0.2) is 9.37 Å². The molecular weight excluding hydrogens is 341 g/mol. The van der Waals surface area contributed by atoms with Crippen LogP contribution in [0.4, 0.5) is 10.3 Å². The van der Waals surface area contributed by atoms with Gasteiger partial charge in [-0.3, -0.25) is 0 Å². The lowest BCUT2D eigenvalue weighted by Gasteiger charge is -2.35. The van der Waals surface area contributed by atoms with Crippen LogP contribution in [0.3, 0.4) is 0 Å². The van der Waals surface area contributed by atoms with Crippen molar-refractivity contribution in [3.8, 4) is 6.07 Å². The van der Waals surface area contributed by atoms with Crippen molar-refractivity contribution in [3.63, 3.8) is 0 Å². The number of anilines is 1. The third kappa shape index (κ3) is 3.15. The fourth-order valence-electron chi connectivity index (χ4n) is 3.76. The van der Waals surface area contributed by atoms with Gasteiger partial charge in [0.15, 0.2) is 0 Å². The fraction of sp³-hybridized carbons (Fsp3) is 0.333. The molecular formula is C21H22FN5. The van der Waals surface area contributed by atoms with Crippen molar-refractivity contribution in [3.05, 3.63) is 59.7 Å². The summed E-state index contributed by atoms with van der Waals surface area (Å²) in [6, 6.07) is 17.3. The van der Waals surface area contributed by atoms with Crippen LogP contribution >= 0.6 is 0 Å². The number of rotatable bonds is 3. The van der Waals surface area contributed by atoms with Crippen LogP contribution in [-0.4, -0.2) is 34.9 Å². The number of alkyl halides is 1. The Morgan fingerprint density at radius 1 is 1.22 bits per heavy atom. The van der Waals surface area contributed by atoms with E-state index in [0.29, 0.717) is 25.1 Å². The van der Waals surface area contributed by atoms with E-state index in [-0.39, 0.29) is 6.04 Å². The lowest BCUT2D eigenvalue weighted by atomic mass is 10.0. The molecule has 1 saturated heterocycles. The Hall–Kier alpha value is -2.91. The lowest BCUT2D eigenvalue weighted by molar-refractivity contribution is 0.243. The van der Waals surface area contributed by atoms with Gasteiger partial charge in [-0.2, -0.15) is 5.26 Å². The number of imidazole rings is 1. The highest BCUT2D eigenvalue weighted by Gasteiger charge is 2.30. The minimum atomic E-state index is -0.963. The summed E-state index contributed by atoms with van der Waals surface area (Å²) in [4.78, 5) is 6.92. The Labute approximate surface area is 157 Å². The first-order valence-corrected chi connectivity index (χ1v) is 9.20. The quantitative estimate of drug-likeness (QED) is 0.774. The second-order valence-corrected chi connectivity index (χ2v) is 7.09. The lowest BCUT2D eigenvalue weighted by Crippen LogP contribution is -2.50. The molecule has 3 atom stereocenters. The first-order chi connectivity index (χ1) is 13.1. The van der Waals surface area contributed by atoms with E-state index >= 15 is 0 Å². The van der Waals surface area contributed by atoms with Crippen molar-refractivity contribution in [2.24, 2.45) is 5.73 Å². The minimum absolute atomic E-state index is 0.0134. The smallest absolute Gasteiger partial charge is 0.207 e. The van der Waals surface area contributed by atoms with Crippen molar-refractivity contribution >= 4 is 17.0 Å². The largest absolute Gasteiger partial charge is 0.340 e. The second kappa shape index (κ2) is 7.01. The van der Waals surface area contributed by atoms with Gasteiger partial charge in [0.25, 0.3) is 0 Å². The molecule has 1 fully saturated rings. The zero-order valence-electron chi connectivity index (χ0n) is 15.2. The normalized spacial score (nSPS) is 21.2. The topological polar surface area (TPSA) is 70.9 Å². The van der Waals surface area contributed by atoms with Gasteiger partial charge in [-0.1, -0.05) is 24.3 Å². The number of nitrogens with two attached hydrogens (primary N) is 1. The van der Waals surface area contributed by atoms with E-state index in [1.807, 2.05) is 48.5 Å². The third-order valence-electron chi connectivity index (χ3n) is 5.34. The van der Waals surface area contributed by atoms with Crippen LogP contribution in [0.15, 0.2) is 48.5 Å². The Balaban J connectivity index is 1.79. The fourth-order valence-corrected chi connectivity index (χ4v) is 3.76. The Morgan fingerprint density at radius 2 is 1.96 bits per heavy atom. The van der Waals surface area contributed by atoms with Gasteiger partial charge in [-0.05, 0) is 43.2 Å². The van der Waals surface area contributed by atoms with E-state index in [1.54, 1.807) is 0 Å². The Morgan fingerprint density at radius 3 is 2.67 bits per heavy atom. The zero-order chi connectivity index (χ0) is 19.0. The summed E-state index contributed by atoms with van der Waals surface area (Å²) in [6.07, 6.45) is -0.551. The molecule has 1 unspecified atom stereocenters. The van der Waals surface area contributed by atoms with Crippen molar-refractivity contribution in [1.29, 1.82) is 5.26 Å². The highest BCUT2D eigenvalue weighted by atomic mass is 19.1. The van der Waals surface area contributed by atoms with Crippen LogP contribution < -0.4 is 10.6 Å². The molecule has 138 valence electrons. The molecule has 2 N–H and O–H groups in total. The number of halogens is 1. The Kier molecular flexibility index (Phi) is 4.54. The molecule has 6 heteroatoms. The average Bonchev–Trinajstić information content (AvgIpc) is 3.09. The van der Waals surface area contributed by atoms with Gasteiger partial charge < -0.3 is 15.2 Å². The number of nitrogens with zero attached hydrogens (tertiary/aromatic N) is 4. The maximum atomic E-state index is 13.9. The molecule has 2 aromatic carbocycles. The van der Waals surface area contributed by atoms with Crippen molar-refractivity contribution in [2.45, 2.75) is 31.6 Å². The summed E-state index contributed by atoms with van der Waals surface area (Å²) in [5.41, 5.74) is 9.64. The molecule has 5 nitrogen and oxygen atoms in total. The van der Waals surface area contributed by atoms with Crippen LogP contribution in [0, 0.1) is 11.3 Å². The van der Waals surface area contributed by atoms with Gasteiger partial charge in [0.05, 0.1) is 34.7 Å². The average molecular weight is 363 g/mol. The van der Waals surface area contributed by atoms with E-state index in [0.717, 1.165) is 22.5 Å². The molecule has 0 amide bonds. The molecule has 0 saturated carbocycles. The summed E-state index contributed by atoms with van der Waals surface area (Å²) < 4.78 is 16.0. The number of piperidine rings is 1. The second-order valence-electron chi connectivity index (χ2n) is 7.09. The number of hydrogen-bond acceptors (Lipinski definition) is 4. The highest BCUT2D eigenvalue weighted by molar-refractivity contribution is 5.79. The molecule has 27 heavy (non-hydrogen) atoms.